The number of anilines is 3. The van der Waals surface area contributed by atoms with Crippen molar-refractivity contribution in [1.82, 2.24) is 15.0 Å². The molecule has 1 heterocycles. The van der Waals surface area contributed by atoms with Gasteiger partial charge in [0.2, 0.25) is 17.2 Å². The van der Waals surface area contributed by atoms with Gasteiger partial charge in [-0.1, -0.05) is 0 Å². The molecule has 18 heavy (non-hydrogen) atoms. The Hall–Kier alpha value is -2.08. The summed E-state index contributed by atoms with van der Waals surface area (Å²) < 4.78 is 5.34. The van der Waals surface area contributed by atoms with Crippen molar-refractivity contribution in [3.05, 3.63) is 29.5 Å². The molecule has 6 nitrogen and oxygen atoms in total. The Kier molecular flexibility index (Phi) is 3.78. The molecule has 0 atom stereocenters. The molecule has 0 fully saturated rings. The van der Waals surface area contributed by atoms with Crippen molar-refractivity contribution in [1.29, 1.82) is 0 Å². The summed E-state index contributed by atoms with van der Waals surface area (Å²) in [6.07, 6.45) is 0. The van der Waals surface area contributed by atoms with Gasteiger partial charge in [0.05, 0.1) is 6.61 Å². The maximum Gasteiger partial charge on any atom is 0.233 e. The number of nitrogen functional groups attached to an aromatic ring is 1. The van der Waals surface area contributed by atoms with Gasteiger partial charge in [0.15, 0.2) is 0 Å². The quantitative estimate of drug-likeness (QED) is 0.882. The summed E-state index contributed by atoms with van der Waals surface area (Å²) in [6, 6.07) is 7.38. The number of halogens is 1. The van der Waals surface area contributed by atoms with Crippen LogP contribution in [-0.2, 0) is 0 Å². The fraction of sp³-hybridized carbons (Fsp3) is 0.182. The van der Waals surface area contributed by atoms with Crippen molar-refractivity contribution >= 4 is 29.2 Å². The van der Waals surface area contributed by atoms with E-state index in [1.54, 1.807) is 0 Å². The average Bonchev–Trinajstić information content (AvgIpc) is 2.31. The molecule has 2 rings (SSSR count). The minimum absolute atomic E-state index is 0.0518. The summed E-state index contributed by atoms with van der Waals surface area (Å²) >= 11 is 5.68. The molecule has 0 saturated carbocycles. The lowest BCUT2D eigenvalue weighted by Gasteiger charge is -2.07. The summed E-state index contributed by atoms with van der Waals surface area (Å²) in [6.45, 7) is 2.56. The average molecular weight is 266 g/mol. The number of nitrogens with one attached hydrogen (secondary N) is 1. The van der Waals surface area contributed by atoms with E-state index in [0.29, 0.717) is 12.6 Å². The Bertz CT molecular complexity index is 511. The molecule has 0 unspecified atom stereocenters. The second-order valence-electron chi connectivity index (χ2n) is 3.37. The van der Waals surface area contributed by atoms with E-state index in [2.05, 4.69) is 20.3 Å². The molecule has 0 radical (unpaired) electrons. The fourth-order valence-electron chi connectivity index (χ4n) is 1.35. The number of nitrogens with two attached hydrogens (primary N) is 1. The van der Waals surface area contributed by atoms with Crippen LogP contribution in [0.15, 0.2) is 24.3 Å². The van der Waals surface area contributed by atoms with Crippen molar-refractivity contribution < 1.29 is 4.74 Å². The van der Waals surface area contributed by atoms with E-state index in [9.17, 15) is 0 Å². The van der Waals surface area contributed by atoms with Gasteiger partial charge < -0.3 is 15.8 Å². The number of nitrogens with zero attached hydrogens (tertiary/aromatic N) is 3. The van der Waals surface area contributed by atoms with Crippen LogP contribution in [0.2, 0.25) is 5.28 Å². The molecule has 0 aliphatic carbocycles. The third kappa shape index (κ3) is 3.21. The van der Waals surface area contributed by atoms with Gasteiger partial charge in [-0.3, -0.25) is 0 Å². The van der Waals surface area contributed by atoms with Crippen molar-refractivity contribution in [2.45, 2.75) is 6.92 Å². The van der Waals surface area contributed by atoms with Crippen molar-refractivity contribution in [3.8, 4) is 5.75 Å². The predicted molar refractivity (Wildman–Crippen MR) is 70.1 cm³/mol. The molecule has 3 N–H and O–H groups in total. The van der Waals surface area contributed by atoms with Crippen LogP contribution in [0.3, 0.4) is 0 Å². The molecule has 0 aliphatic heterocycles. The molecule has 1 aromatic carbocycles. The number of benzene rings is 1. The molecule has 0 bridgehead atoms. The Morgan fingerprint density at radius 3 is 2.56 bits per heavy atom. The Labute approximate surface area is 109 Å². The largest absolute Gasteiger partial charge is 0.494 e. The molecule has 0 amide bonds. The minimum atomic E-state index is 0.0518. The van der Waals surface area contributed by atoms with Crippen LogP contribution in [-0.4, -0.2) is 21.6 Å². The lowest BCUT2D eigenvalue weighted by molar-refractivity contribution is 0.340. The third-order valence-corrected chi connectivity index (χ3v) is 2.22. The second kappa shape index (κ2) is 5.50. The lowest BCUT2D eigenvalue weighted by Crippen LogP contribution is -2.03. The molecule has 1 aromatic heterocycles. The first kappa shape index (κ1) is 12.4. The molecule has 0 saturated heterocycles. The number of ether oxygens (including phenoxy) is 1. The van der Waals surface area contributed by atoms with Gasteiger partial charge >= 0.3 is 0 Å². The van der Waals surface area contributed by atoms with E-state index in [1.165, 1.54) is 0 Å². The fourth-order valence-corrected chi connectivity index (χ4v) is 1.52. The molecular weight excluding hydrogens is 254 g/mol. The van der Waals surface area contributed by atoms with E-state index in [-0.39, 0.29) is 11.2 Å². The van der Waals surface area contributed by atoms with Gasteiger partial charge in [0.1, 0.15) is 5.75 Å². The SMILES string of the molecule is CCOc1ccc(Nc2nc(N)nc(Cl)n2)cc1. The zero-order valence-electron chi connectivity index (χ0n) is 9.72. The van der Waals surface area contributed by atoms with Crippen molar-refractivity contribution in [3.63, 3.8) is 0 Å². The molecule has 7 heteroatoms. The second-order valence-corrected chi connectivity index (χ2v) is 3.71. The number of aromatic nitrogens is 3. The van der Waals surface area contributed by atoms with Crippen LogP contribution >= 0.6 is 11.6 Å². The zero-order valence-corrected chi connectivity index (χ0v) is 10.5. The molecule has 2 aromatic rings. The van der Waals surface area contributed by atoms with Crippen LogP contribution < -0.4 is 15.8 Å². The van der Waals surface area contributed by atoms with Gasteiger partial charge in [-0.25, -0.2) is 0 Å². The van der Waals surface area contributed by atoms with E-state index in [1.807, 2.05) is 31.2 Å². The highest BCUT2D eigenvalue weighted by molar-refractivity contribution is 6.28. The van der Waals surface area contributed by atoms with Crippen LogP contribution in [0.5, 0.6) is 5.75 Å². The topological polar surface area (TPSA) is 86.0 Å². The maximum atomic E-state index is 5.68. The van der Waals surface area contributed by atoms with Crippen LogP contribution in [0, 0.1) is 0 Å². The highest BCUT2D eigenvalue weighted by atomic mass is 35.5. The molecule has 0 spiro atoms. The molecule has 0 aliphatic rings. The monoisotopic (exact) mass is 265 g/mol. The van der Waals surface area contributed by atoms with Crippen LogP contribution in [0.25, 0.3) is 0 Å². The minimum Gasteiger partial charge on any atom is -0.494 e. The third-order valence-electron chi connectivity index (χ3n) is 2.05. The number of hydrogen-bond donors (Lipinski definition) is 2. The van der Waals surface area contributed by atoms with Gasteiger partial charge in [0, 0.05) is 5.69 Å². The van der Waals surface area contributed by atoms with Gasteiger partial charge in [-0.2, -0.15) is 15.0 Å². The highest BCUT2D eigenvalue weighted by Gasteiger charge is 2.03. The Morgan fingerprint density at radius 1 is 1.22 bits per heavy atom. The van der Waals surface area contributed by atoms with E-state index in [0.717, 1.165) is 11.4 Å². The zero-order chi connectivity index (χ0) is 13.0. The summed E-state index contributed by atoms with van der Waals surface area (Å²) in [5, 5.41) is 3.02. The predicted octanol–water partition coefficient (Wildman–Crippen LogP) is 2.25. The van der Waals surface area contributed by atoms with Crippen molar-refractivity contribution in [2.75, 3.05) is 17.7 Å². The first-order valence-corrected chi connectivity index (χ1v) is 5.72. The van der Waals surface area contributed by atoms with Crippen molar-refractivity contribution in [2.24, 2.45) is 0 Å². The summed E-state index contributed by atoms with van der Waals surface area (Å²) in [7, 11) is 0. The number of hydrogen-bond acceptors (Lipinski definition) is 6. The molecular formula is C11H12ClN5O. The summed E-state index contributed by atoms with van der Waals surface area (Å²) in [5.74, 6) is 1.18. The standard InChI is InChI=1S/C11H12ClN5O/c1-2-18-8-5-3-7(4-6-8)14-11-16-9(12)15-10(13)17-11/h3-6H,2H2,1H3,(H3,13,14,15,16,17). The first-order valence-electron chi connectivity index (χ1n) is 5.34. The lowest BCUT2D eigenvalue weighted by atomic mass is 10.3. The normalized spacial score (nSPS) is 10.1. The van der Waals surface area contributed by atoms with Gasteiger partial charge in [-0.05, 0) is 42.8 Å². The number of rotatable bonds is 4. The Balaban J connectivity index is 2.13. The highest BCUT2D eigenvalue weighted by Crippen LogP contribution is 2.18. The van der Waals surface area contributed by atoms with Crippen LogP contribution in [0.4, 0.5) is 17.6 Å². The van der Waals surface area contributed by atoms with Gasteiger partial charge in [0.25, 0.3) is 0 Å². The van der Waals surface area contributed by atoms with Crippen LogP contribution in [0.1, 0.15) is 6.92 Å². The van der Waals surface area contributed by atoms with E-state index in [4.69, 9.17) is 22.1 Å². The van der Waals surface area contributed by atoms with Gasteiger partial charge in [-0.15, -0.1) is 0 Å². The Morgan fingerprint density at radius 2 is 1.94 bits per heavy atom. The smallest absolute Gasteiger partial charge is 0.233 e. The summed E-state index contributed by atoms with van der Waals surface area (Å²) in [4.78, 5) is 11.5. The maximum absolute atomic E-state index is 5.68. The summed E-state index contributed by atoms with van der Waals surface area (Å²) in [5.41, 5.74) is 6.28. The molecule has 94 valence electrons. The van der Waals surface area contributed by atoms with E-state index < -0.39 is 0 Å². The van der Waals surface area contributed by atoms with E-state index >= 15 is 0 Å². The first-order chi connectivity index (χ1) is 8.67.